The predicted octanol–water partition coefficient (Wildman–Crippen LogP) is 1.63. The monoisotopic (exact) mass is 236 g/mol. The molecule has 90 valence electrons. The molecule has 17 heavy (non-hydrogen) atoms. The summed E-state index contributed by atoms with van der Waals surface area (Å²) in [5, 5.41) is 10.5. The maximum Gasteiger partial charge on any atom is 0.415 e. The Hall–Kier alpha value is -2.11. The lowest BCUT2D eigenvalue weighted by atomic mass is 10.2. The summed E-state index contributed by atoms with van der Waals surface area (Å²) in [5.74, 6) is 0. The summed E-state index contributed by atoms with van der Waals surface area (Å²) in [6.07, 6.45) is -1.15. The molecule has 1 unspecified atom stereocenters. The van der Waals surface area contributed by atoms with Gasteiger partial charge in [0.05, 0.1) is 6.42 Å². The average Bonchev–Trinajstić information content (AvgIpc) is 2.25. The summed E-state index contributed by atoms with van der Waals surface area (Å²) in [4.78, 5) is 22.7. The highest BCUT2D eigenvalue weighted by atomic mass is 16.6. The van der Waals surface area contributed by atoms with Gasteiger partial charge in [-0.2, -0.15) is 0 Å². The minimum Gasteiger partial charge on any atom is -0.444 e. The standard InChI is InChI=1S/C11H12N2O4/c14-11(12-7-6-10(12)13(15)16)17-8-9-4-2-1-3-5-9/h1-5,10H,6-8H2. The van der Waals surface area contributed by atoms with Crippen LogP contribution in [0.1, 0.15) is 12.0 Å². The molecule has 0 N–H and O–H groups in total. The van der Waals surface area contributed by atoms with Crippen LogP contribution in [-0.4, -0.2) is 28.6 Å². The summed E-state index contributed by atoms with van der Waals surface area (Å²) >= 11 is 0. The molecule has 0 bridgehead atoms. The lowest BCUT2D eigenvalue weighted by Gasteiger charge is -2.32. The molecule has 1 aliphatic rings. The molecule has 6 nitrogen and oxygen atoms in total. The van der Waals surface area contributed by atoms with Crippen molar-refractivity contribution in [2.45, 2.75) is 19.2 Å². The Kier molecular flexibility index (Phi) is 3.22. The van der Waals surface area contributed by atoms with Crippen LogP contribution in [0.4, 0.5) is 4.79 Å². The minimum atomic E-state index is -0.918. The molecule has 1 aromatic carbocycles. The maximum atomic E-state index is 11.5. The van der Waals surface area contributed by atoms with E-state index in [1.807, 2.05) is 30.3 Å². The summed E-state index contributed by atoms with van der Waals surface area (Å²) < 4.78 is 4.99. The number of carbonyl (C=O) groups is 1. The fourth-order valence-electron chi connectivity index (χ4n) is 1.61. The predicted molar refractivity (Wildman–Crippen MR) is 58.7 cm³/mol. The average molecular weight is 236 g/mol. The Labute approximate surface area is 97.9 Å². The molecule has 1 atom stereocenters. The molecular weight excluding hydrogens is 224 g/mol. The van der Waals surface area contributed by atoms with Crippen LogP contribution in [0, 0.1) is 10.1 Å². The molecule has 0 aliphatic carbocycles. The van der Waals surface area contributed by atoms with Gasteiger partial charge in [-0.3, -0.25) is 10.1 Å². The molecule has 2 rings (SSSR count). The topological polar surface area (TPSA) is 72.7 Å². The highest BCUT2D eigenvalue weighted by molar-refractivity contribution is 5.68. The third-order valence-electron chi connectivity index (χ3n) is 2.67. The van der Waals surface area contributed by atoms with Gasteiger partial charge in [0.2, 0.25) is 0 Å². The lowest BCUT2D eigenvalue weighted by Crippen LogP contribution is -2.55. The normalized spacial score (nSPS) is 18.4. The largest absolute Gasteiger partial charge is 0.444 e. The Morgan fingerprint density at radius 1 is 1.47 bits per heavy atom. The van der Waals surface area contributed by atoms with Crippen molar-refractivity contribution in [2.24, 2.45) is 0 Å². The van der Waals surface area contributed by atoms with Crippen LogP contribution in [0.5, 0.6) is 0 Å². The van der Waals surface area contributed by atoms with E-state index in [0.717, 1.165) is 10.5 Å². The van der Waals surface area contributed by atoms with Gasteiger partial charge in [0, 0.05) is 11.5 Å². The Balaban J connectivity index is 1.84. The molecule has 1 aliphatic heterocycles. The molecule has 0 aromatic heterocycles. The first-order valence-corrected chi connectivity index (χ1v) is 5.29. The third kappa shape index (κ3) is 2.52. The van der Waals surface area contributed by atoms with Gasteiger partial charge in [-0.15, -0.1) is 0 Å². The molecule has 0 saturated carbocycles. The summed E-state index contributed by atoms with van der Waals surface area (Å²) in [6.45, 7) is 0.528. The second-order valence-electron chi connectivity index (χ2n) is 3.79. The van der Waals surface area contributed by atoms with E-state index < -0.39 is 17.2 Å². The molecule has 1 amide bonds. The van der Waals surface area contributed by atoms with E-state index in [9.17, 15) is 14.9 Å². The number of likely N-dealkylation sites (tertiary alicyclic amines) is 1. The number of hydrogen-bond donors (Lipinski definition) is 0. The van der Waals surface area contributed by atoms with Crippen LogP contribution in [0.3, 0.4) is 0 Å². The van der Waals surface area contributed by atoms with Gasteiger partial charge in [0.25, 0.3) is 6.17 Å². The first-order valence-electron chi connectivity index (χ1n) is 5.29. The van der Waals surface area contributed by atoms with Crippen molar-refractivity contribution in [3.63, 3.8) is 0 Å². The van der Waals surface area contributed by atoms with Crippen molar-refractivity contribution < 1.29 is 14.5 Å². The summed E-state index contributed by atoms with van der Waals surface area (Å²) in [7, 11) is 0. The number of carbonyl (C=O) groups excluding carboxylic acids is 1. The number of nitro groups is 1. The van der Waals surface area contributed by atoms with Crippen LogP contribution in [0.15, 0.2) is 30.3 Å². The van der Waals surface area contributed by atoms with E-state index in [1.165, 1.54) is 0 Å². The fourth-order valence-corrected chi connectivity index (χ4v) is 1.61. The van der Waals surface area contributed by atoms with Gasteiger partial charge >= 0.3 is 6.09 Å². The van der Waals surface area contributed by atoms with Crippen molar-refractivity contribution in [3.05, 3.63) is 46.0 Å². The van der Waals surface area contributed by atoms with Crippen molar-refractivity contribution in [3.8, 4) is 0 Å². The highest BCUT2D eigenvalue weighted by Gasteiger charge is 2.42. The highest BCUT2D eigenvalue weighted by Crippen LogP contribution is 2.19. The molecule has 0 spiro atoms. The zero-order valence-electron chi connectivity index (χ0n) is 9.11. The van der Waals surface area contributed by atoms with E-state index in [1.54, 1.807) is 0 Å². The molecule has 6 heteroatoms. The van der Waals surface area contributed by atoms with Crippen LogP contribution in [0.25, 0.3) is 0 Å². The number of amides is 1. The first kappa shape index (κ1) is 11.4. The number of hydrogen-bond acceptors (Lipinski definition) is 4. The molecule has 1 fully saturated rings. The number of nitrogens with zero attached hydrogens (tertiary/aromatic N) is 2. The van der Waals surface area contributed by atoms with Gasteiger partial charge in [-0.25, -0.2) is 9.69 Å². The maximum absolute atomic E-state index is 11.5. The Morgan fingerprint density at radius 3 is 2.71 bits per heavy atom. The van der Waals surface area contributed by atoms with Crippen molar-refractivity contribution in [2.75, 3.05) is 6.54 Å². The van der Waals surface area contributed by atoms with E-state index in [4.69, 9.17) is 4.74 Å². The van der Waals surface area contributed by atoms with Crippen LogP contribution < -0.4 is 0 Å². The van der Waals surface area contributed by atoms with Gasteiger partial charge in [-0.1, -0.05) is 30.3 Å². The molecule has 0 radical (unpaired) electrons. The number of benzene rings is 1. The summed E-state index contributed by atoms with van der Waals surface area (Å²) in [5.41, 5.74) is 0.860. The SMILES string of the molecule is O=C(OCc1ccccc1)N1CCC1[N+](=O)[O-]. The van der Waals surface area contributed by atoms with Crippen LogP contribution >= 0.6 is 0 Å². The second-order valence-corrected chi connectivity index (χ2v) is 3.79. The van der Waals surface area contributed by atoms with Crippen molar-refractivity contribution in [1.29, 1.82) is 0 Å². The molecular formula is C11H12N2O4. The van der Waals surface area contributed by atoms with E-state index >= 15 is 0 Å². The van der Waals surface area contributed by atoms with Gasteiger partial charge < -0.3 is 4.74 Å². The van der Waals surface area contributed by atoms with Crippen LogP contribution in [0.2, 0.25) is 0 Å². The van der Waals surface area contributed by atoms with E-state index in [-0.39, 0.29) is 6.61 Å². The third-order valence-corrected chi connectivity index (χ3v) is 2.67. The van der Waals surface area contributed by atoms with Gasteiger partial charge in [-0.05, 0) is 5.56 Å². The lowest BCUT2D eigenvalue weighted by molar-refractivity contribution is -0.563. The molecule has 1 heterocycles. The van der Waals surface area contributed by atoms with Crippen molar-refractivity contribution >= 4 is 6.09 Å². The Bertz CT molecular complexity index is 421. The number of ether oxygens (including phenoxy) is 1. The van der Waals surface area contributed by atoms with Crippen molar-refractivity contribution in [1.82, 2.24) is 4.90 Å². The molecule has 1 aromatic rings. The zero-order valence-corrected chi connectivity index (χ0v) is 9.11. The fraction of sp³-hybridized carbons (Fsp3) is 0.364. The number of rotatable bonds is 3. The molecule has 1 saturated heterocycles. The zero-order chi connectivity index (χ0) is 12.3. The van der Waals surface area contributed by atoms with Gasteiger partial charge in [0.1, 0.15) is 6.61 Å². The smallest absolute Gasteiger partial charge is 0.415 e. The Morgan fingerprint density at radius 2 is 2.18 bits per heavy atom. The second kappa shape index (κ2) is 4.82. The quantitative estimate of drug-likeness (QED) is 0.590. The van der Waals surface area contributed by atoms with E-state index in [2.05, 4.69) is 0 Å². The minimum absolute atomic E-state index is 0.139. The van der Waals surface area contributed by atoms with Gasteiger partial charge in [0.15, 0.2) is 0 Å². The van der Waals surface area contributed by atoms with E-state index in [0.29, 0.717) is 13.0 Å². The first-order chi connectivity index (χ1) is 8.18. The van der Waals surface area contributed by atoms with Crippen LogP contribution in [-0.2, 0) is 11.3 Å². The summed E-state index contributed by atoms with van der Waals surface area (Å²) in [6, 6.07) is 9.20.